The van der Waals surface area contributed by atoms with Crippen LogP contribution >= 0.6 is 0 Å². The zero-order valence-electron chi connectivity index (χ0n) is 34.1. The summed E-state index contributed by atoms with van der Waals surface area (Å²) in [5.74, 6) is 1.28. The summed E-state index contributed by atoms with van der Waals surface area (Å²) in [7, 11) is -1.43. The summed E-state index contributed by atoms with van der Waals surface area (Å²) in [4.78, 5) is 14.3. The van der Waals surface area contributed by atoms with Crippen molar-refractivity contribution in [1.29, 1.82) is 0 Å². The van der Waals surface area contributed by atoms with Gasteiger partial charge in [-0.25, -0.2) is 4.98 Å². The van der Waals surface area contributed by atoms with E-state index in [0.717, 1.165) is 63.3 Å². The summed E-state index contributed by atoms with van der Waals surface area (Å²) in [6, 6.07) is 32.2. The maximum absolute atomic E-state index is 6.19. The summed E-state index contributed by atoms with van der Waals surface area (Å²) >= 11 is 0. The second kappa shape index (κ2) is 16.6. The average molecular weight is 922 g/mol. The molecule has 1 aliphatic carbocycles. The van der Waals surface area contributed by atoms with Crippen LogP contribution in [-0.4, -0.2) is 23.0 Å². The molecule has 0 aliphatic heterocycles. The van der Waals surface area contributed by atoms with Crippen molar-refractivity contribution in [1.82, 2.24) is 15.0 Å². The molecule has 0 spiro atoms. The Hall–Kier alpha value is -3.96. The predicted octanol–water partition coefficient (Wildman–Crippen LogP) is 12.8. The van der Waals surface area contributed by atoms with Gasteiger partial charge in [-0.3, -0.25) is 0 Å². The Labute approximate surface area is 343 Å². The molecule has 1 aliphatic rings. The number of nitrogens with zero attached hydrogens (tertiary/aromatic N) is 3. The van der Waals surface area contributed by atoms with Crippen molar-refractivity contribution >= 4 is 46.1 Å². The molecule has 3 aromatic carbocycles. The van der Waals surface area contributed by atoms with Crippen LogP contribution in [0.25, 0.3) is 55.4 Å². The number of rotatable bonds is 7. The first-order chi connectivity index (χ1) is 25.7. The normalized spacial score (nSPS) is 13.7. The van der Waals surface area contributed by atoms with Gasteiger partial charge in [-0.1, -0.05) is 138 Å². The summed E-state index contributed by atoms with van der Waals surface area (Å²) in [5.41, 5.74) is 11.0. The fraction of sp³-hybridized carbons (Fsp3) is 0.367. The van der Waals surface area contributed by atoms with Crippen LogP contribution in [0, 0.1) is 30.4 Å². The van der Waals surface area contributed by atoms with Crippen molar-refractivity contribution in [2.24, 2.45) is 11.3 Å². The first kappa shape index (κ1) is 40.7. The molecule has 0 N–H and O–H groups in total. The molecule has 8 rings (SSSR count). The average Bonchev–Trinajstić information content (AvgIpc) is 3.77. The summed E-state index contributed by atoms with van der Waals surface area (Å²) in [5, 5.41) is 6.07. The van der Waals surface area contributed by atoms with Crippen molar-refractivity contribution in [3.05, 3.63) is 120 Å². The number of benzene rings is 3. The van der Waals surface area contributed by atoms with Crippen molar-refractivity contribution in [2.75, 3.05) is 0 Å². The molecule has 4 nitrogen and oxygen atoms in total. The molecule has 287 valence electrons. The van der Waals surface area contributed by atoms with Gasteiger partial charge in [0.05, 0.1) is 13.7 Å². The summed E-state index contributed by atoms with van der Waals surface area (Å²) in [6.07, 6.45) is 11.9. The van der Waals surface area contributed by atoms with E-state index < -0.39 is 8.07 Å². The minimum Gasteiger partial charge on any atom is -0.486 e. The van der Waals surface area contributed by atoms with Gasteiger partial charge in [0.1, 0.15) is 0 Å². The van der Waals surface area contributed by atoms with E-state index in [1.165, 1.54) is 58.3 Å². The first-order valence-electron chi connectivity index (χ1n) is 19.8. The largest absolute Gasteiger partial charge is 0.486 e. The van der Waals surface area contributed by atoms with Gasteiger partial charge in [0, 0.05) is 43.6 Å². The number of fused-ring (bicyclic) bond motifs is 4. The molecule has 1 fully saturated rings. The quantitative estimate of drug-likeness (QED) is 0.118. The standard InChI is InChI=1S/C26H27N2O.C23H28NSi.Ir/c1-16(2)23-15-27-24(14-19(23)13-18-7-4-5-8-18)22-10-6-9-20-21-12-11-17(3)28-26(21)29-25(20)22;1-23(2,3)15-18-14-21(24-16-22(18)25(4,5)6)20-13-9-11-17-10-7-8-12-19(17)20;/h6,9,11-12,14-16,18H,4-5,7-8,13H2,1-3H3;7-12,14,16H,15H2,1-6H3;/q2*-1;. The van der Waals surface area contributed by atoms with Crippen LogP contribution in [0.2, 0.25) is 19.6 Å². The zero-order chi connectivity index (χ0) is 38.2. The molecule has 4 heterocycles. The van der Waals surface area contributed by atoms with E-state index in [0.29, 0.717) is 11.6 Å². The maximum atomic E-state index is 6.19. The number of hydrogen-bond donors (Lipinski definition) is 0. The van der Waals surface area contributed by atoms with Gasteiger partial charge < -0.3 is 14.4 Å². The topological polar surface area (TPSA) is 51.8 Å². The van der Waals surface area contributed by atoms with Crippen LogP contribution in [0.4, 0.5) is 0 Å². The van der Waals surface area contributed by atoms with Gasteiger partial charge in [0.15, 0.2) is 0 Å². The smallest absolute Gasteiger partial charge is 0.216 e. The van der Waals surface area contributed by atoms with Crippen LogP contribution in [0.5, 0.6) is 0 Å². The minimum atomic E-state index is -1.43. The van der Waals surface area contributed by atoms with Crippen molar-refractivity contribution < 1.29 is 24.5 Å². The van der Waals surface area contributed by atoms with Gasteiger partial charge in [-0.2, -0.15) is 0 Å². The molecular formula is C49H55IrN3OSi-2. The van der Waals surface area contributed by atoms with Crippen molar-refractivity contribution in [3.8, 4) is 22.5 Å². The molecule has 4 aromatic heterocycles. The Bertz CT molecular complexity index is 2420. The van der Waals surface area contributed by atoms with E-state index in [-0.39, 0.29) is 25.5 Å². The van der Waals surface area contributed by atoms with E-state index in [1.807, 2.05) is 25.1 Å². The molecule has 1 saturated carbocycles. The van der Waals surface area contributed by atoms with Gasteiger partial charge >= 0.3 is 0 Å². The van der Waals surface area contributed by atoms with Gasteiger partial charge in [0.25, 0.3) is 0 Å². The minimum absolute atomic E-state index is 0. The number of aromatic nitrogens is 3. The molecule has 0 unspecified atom stereocenters. The summed E-state index contributed by atoms with van der Waals surface area (Å²) in [6.45, 7) is 20.6. The van der Waals surface area contributed by atoms with E-state index in [9.17, 15) is 0 Å². The predicted molar refractivity (Wildman–Crippen MR) is 230 cm³/mol. The molecule has 7 aromatic rings. The van der Waals surface area contributed by atoms with Crippen LogP contribution in [-0.2, 0) is 32.9 Å². The Kier molecular flexibility index (Phi) is 12.3. The van der Waals surface area contributed by atoms with Crippen molar-refractivity contribution in [2.45, 2.75) is 106 Å². The van der Waals surface area contributed by atoms with E-state index in [4.69, 9.17) is 14.4 Å². The van der Waals surface area contributed by atoms with Crippen molar-refractivity contribution in [3.63, 3.8) is 0 Å². The molecule has 6 heteroatoms. The second-order valence-electron chi connectivity index (χ2n) is 17.9. The Balaban J connectivity index is 0.000000186. The molecule has 55 heavy (non-hydrogen) atoms. The monoisotopic (exact) mass is 922 g/mol. The van der Waals surface area contributed by atoms with Gasteiger partial charge in [-0.05, 0) is 76.9 Å². The molecule has 0 amide bonds. The van der Waals surface area contributed by atoms with E-state index in [1.54, 1.807) is 0 Å². The number of furan rings is 1. The number of aryl methyl sites for hydroxylation is 1. The SMILES string of the molecule is CC(C)(C)Cc1cc(-c2[c-]ccc3ccccc23)ncc1[Si](C)(C)C.Cc1ccc2c(n1)oc1c(-c3cc(CC4CCCC4)c(C(C)C)cn3)[c-]ccc12.[Ir]. The molecule has 0 bridgehead atoms. The third kappa shape index (κ3) is 9.20. The zero-order valence-corrected chi connectivity index (χ0v) is 37.5. The van der Waals surface area contributed by atoms with E-state index >= 15 is 0 Å². The fourth-order valence-electron chi connectivity index (χ4n) is 8.17. The fourth-order valence-corrected chi connectivity index (χ4v) is 9.75. The number of hydrogen-bond acceptors (Lipinski definition) is 4. The molecule has 1 radical (unpaired) electrons. The molecule has 0 atom stereocenters. The van der Waals surface area contributed by atoms with Crippen LogP contribution in [0.1, 0.15) is 88.6 Å². The Morgan fingerprint density at radius 2 is 1.47 bits per heavy atom. The Morgan fingerprint density at radius 3 is 2.20 bits per heavy atom. The molecule has 0 saturated heterocycles. The number of pyridine rings is 3. The third-order valence-electron chi connectivity index (χ3n) is 10.8. The van der Waals surface area contributed by atoms with Crippen LogP contribution in [0.15, 0.2) is 89.6 Å². The van der Waals surface area contributed by atoms with Gasteiger partial charge in [0.2, 0.25) is 5.71 Å². The third-order valence-corrected chi connectivity index (χ3v) is 12.9. The second-order valence-corrected chi connectivity index (χ2v) is 23.0. The van der Waals surface area contributed by atoms with E-state index in [2.05, 4.69) is 138 Å². The summed E-state index contributed by atoms with van der Waals surface area (Å²) < 4.78 is 6.19. The maximum Gasteiger partial charge on any atom is 0.216 e. The van der Waals surface area contributed by atoms with Crippen LogP contribution < -0.4 is 5.19 Å². The van der Waals surface area contributed by atoms with Gasteiger partial charge in [-0.15, -0.1) is 47.3 Å². The first-order valence-corrected chi connectivity index (χ1v) is 23.3. The van der Waals surface area contributed by atoms with Crippen LogP contribution in [0.3, 0.4) is 0 Å². The Morgan fingerprint density at radius 1 is 0.800 bits per heavy atom. The molecular weight excluding hydrogens is 867 g/mol.